The van der Waals surface area contributed by atoms with Gasteiger partial charge in [0.15, 0.2) is 11.5 Å². The molecule has 0 aliphatic rings. The Hall–Kier alpha value is -3.41. The van der Waals surface area contributed by atoms with Crippen LogP contribution in [0.5, 0.6) is 23.0 Å². The van der Waals surface area contributed by atoms with Gasteiger partial charge >= 0.3 is 0 Å². The molecule has 2 N–H and O–H groups in total. The zero-order valence-corrected chi connectivity index (χ0v) is 19.5. The number of hydrogen-bond donors (Lipinski definition) is 2. The van der Waals surface area contributed by atoms with Crippen molar-refractivity contribution in [3.05, 3.63) is 56.8 Å². The fourth-order valence-corrected chi connectivity index (χ4v) is 3.73. The third-order valence-electron chi connectivity index (χ3n) is 5.26. The largest absolute Gasteiger partial charge is 0.507 e. The van der Waals surface area contributed by atoms with Crippen LogP contribution in [0.1, 0.15) is 45.7 Å². The number of phenols is 2. The van der Waals surface area contributed by atoms with Crippen molar-refractivity contribution >= 4 is 21.9 Å². The van der Waals surface area contributed by atoms with Gasteiger partial charge in [-0.25, -0.2) is 0 Å². The van der Waals surface area contributed by atoms with Crippen LogP contribution in [0, 0.1) is 0 Å². The first-order valence-electron chi connectivity index (χ1n) is 10.6. The van der Waals surface area contributed by atoms with Crippen molar-refractivity contribution in [2.24, 2.45) is 0 Å². The van der Waals surface area contributed by atoms with Crippen LogP contribution >= 0.6 is 0 Å². The Bertz CT molecular complexity index is 1290. The third kappa shape index (κ3) is 4.31. The molecule has 0 spiro atoms. The number of phenolic OH excluding ortho intramolecular Hbond substituents is 2. The van der Waals surface area contributed by atoms with E-state index in [1.807, 2.05) is 46.8 Å². The fraction of sp³-hybridized carbons (Fsp3) is 0.346. The maximum absolute atomic E-state index is 13.7. The average molecular weight is 439 g/mol. The second-order valence-corrected chi connectivity index (χ2v) is 8.19. The van der Waals surface area contributed by atoms with E-state index < -0.39 is 0 Å². The minimum absolute atomic E-state index is 0.0873. The normalized spacial score (nSPS) is 10.9. The first-order chi connectivity index (χ1) is 15.2. The van der Waals surface area contributed by atoms with Gasteiger partial charge in [0, 0.05) is 23.3 Å². The number of ether oxygens (including phenoxy) is 2. The van der Waals surface area contributed by atoms with Crippen LogP contribution in [0.3, 0.4) is 0 Å². The number of aromatic hydroxyl groups is 2. The summed E-state index contributed by atoms with van der Waals surface area (Å²) < 4.78 is 17.1. The monoisotopic (exact) mass is 438 g/mol. The summed E-state index contributed by atoms with van der Waals surface area (Å²) in [6, 6.07) is 3.00. The van der Waals surface area contributed by atoms with Gasteiger partial charge in [-0.2, -0.15) is 0 Å². The van der Waals surface area contributed by atoms with Gasteiger partial charge in [-0.3, -0.25) is 4.79 Å². The molecular formula is C26H30O6. The van der Waals surface area contributed by atoms with E-state index in [2.05, 4.69) is 0 Å². The highest BCUT2D eigenvalue weighted by Gasteiger charge is 2.23. The van der Waals surface area contributed by atoms with Crippen molar-refractivity contribution in [3.63, 3.8) is 0 Å². The molecule has 170 valence electrons. The highest BCUT2D eigenvalue weighted by Crippen LogP contribution is 2.41. The number of methoxy groups -OCH3 is 1. The second-order valence-electron chi connectivity index (χ2n) is 8.19. The van der Waals surface area contributed by atoms with E-state index in [1.54, 1.807) is 6.07 Å². The number of rotatable bonds is 7. The lowest BCUT2D eigenvalue weighted by molar-refractivity contribution is 0.334. The first kappa shape index (κ1) is 23.3. The van der Waals surface area contributed by atoms with Crippen molar-refractivity contribution < 1.29 is 24.1 Å². The fourth-order valence-electron chi connectivity index (χ4n) is 3.73. The molecule has 6 heteroatoms. The second kappa shape index (κ2) is 9.39. The zero-order chi connectivity index (χ0) is 23.6. The van der Waals surface area contributed by atoms with Gasteiger partial charge in [-0.15, -0.1) is 0 Å². The molecule has 0 amide bonds. The Balaban J connectivity index is 2.46. The van der Waals surface area contributed by atoms with E-state index in [0.717, 1.165) is 11.1 Å². The van der Waals surface area contributed by atoms with E-state index >= 15 is 0 Å². The SMILES string of the molecule is CCOc1cc2oc3cc(O)c(OC)c(CC=C(C)C)c3c(=O)c2c(O)c1CC=C(C)C. The third-order valence-corrected chi connectivity index (χ3v) is 5.26. The van der Waals surface area contributed by atoms with Crippen LogP contribution in [0.15, 0.2) is 44.6 Å². The summed E-state index contributed by atoms with van der Waals surface area (Å²) in [4.78, 5) is 13.7. The lowest BCUT2D eigenvalue weighted by Crippen LogP contribution is -2.09. The molecule has 0 bridgehead atoms. The molecule has 0 aliphatic carbocycles. The summed E-state index contributed by atoms with van der Waals surface area (Å²) in [5.41, 5.74) is 3.22. The maximum Gasteiger partial charge on any atom is 0.204 e. The topological polar surface area (TPSA) is 89.1 Å². The molecule has 1 aromatic heterocycles. The molecule has 3 aromatic rings. The van der Waals surface area contributed by atoms with E-state index in [0.29, 0.717) is 36.3 Å². The van der Waals surface area contributed by atoms with Crippen LogP contribution in [0.2, 0.25) is 0 Å². The Kier molecular flexibility index (Phi) is 6.82. The van der Waals surface area contributed by atoms with Crippen LogP contribution < -0.4 is 14.9 Å². The van der Waals surface area contributed by atoms with Crippen molar-refractivity contribution in [1.29, 1.82) is 0 Å². The number of fused-ring (bicyclic) bond motifs is 2. The molecule has 1 heterocycles. The van der Waals surface area contributed by atoms with Gasteiger partial charge in [-0.1, -0.05) is 23.3 Å². The molecule has 3 rings (SSSR count). The molecule has 32 heavy (non-hydrogen) atoms. The molecule has 0 fully saturated rings. The first-order valence-corrected chi connectivity index (χ1v) is 10.6. The molecule has 0 saturated carbocycles. The highest BCUT2D eigenvalue weighted by molar-refractivity contribution is 5.97. The lowest BCUT2D eigenvalue weighted by atomic mass is 9.98. The molecule has 0 radical (unpaired) electrons. The quantitative estimate of drug-likeness (QED) is 0.359. The van der Waals surface area contributed by atoms with Crippen molar-refractivity contribution in [2.75, 3.05) is 13.7 Å². The average Bonchev–Trinajstić information content (AvgIpc) is 2.71. The number of allylic oxidation sites excluding steroid dienone is 4. The molecule has 0 atom stereocenters. The predicted octanol–water partition coefficient (Wildman–Crippen LogP) is 5.78. The maximum atomic E-state index is 13.7. The van der Waals surface area contributed by atoms with Gasteiger partial charge < -0.3 is 24.1 Å². The summed E-state index contributed by atoms with van der Waals surface area (Å²) in [6.45, 7) is 10.1. The van der Waals surface area contributed by atoms with Gasteiger partial charge in [0.1, 0.15) is 28.1 Å². The number of benzene rings is 2. The van der Waals surface area contributed by atoms with Crippen molar-refractivity contribution in [3.8, 4) is 23.0 Å². The summed E-state index contributed by atoms with van der Waals surface area (Å²) in [5, 5.41) is 22.0. The zero-order valence-electron chi connectivity index (χ0n) is 19.5. The molecule has 0 aliphatic heterocycles. The van der Waals surface area contributed by atoms with Crippen LogP contribution in [-0.4, -0.2) is 23.9 Å². The molecule has 0 unspecified atom stereocenters. The molecule has 0 saturated heterocycles. The van der Waals surface area contributed by atoms with Crippen LogP contribution in [0.25, 0.3) is 21.9 Å². The standard InChI is InChI=1S/C26H30O6/c1-7-31-19-13-21-23(24(28)16(19)10-8-14(2)3)25(29)22-17(11-9-15(4)5)26(30-6)18(27)12-20(22)32-21/h8-9,12-13,27-28H,7,10-11H2,1-6H3. The lowest BCUT2D eigenvalue weighted by Gasteiger charge is -2.16. The molecule has 6 nitrogen and oxygen atoms in total. The van der Waals surface area contributed by atoms with Gasteiger partial charge in [0.05, 0.1) is 19.1 Å². The van der Waals surface area contributed by atoms with Gasteiger partial charge in [0.2, 0.25) is 5.43 Å². The van der Waals surface area contributed by atoms with Crippen molar-refractivity contribution in [1.82, 2.24) is 0 Å². The minimum Gasteiger partial charge on any atom is -0.507 e. The highest BCUT2D eigenvalue weighted by atomic mass is 16.5. The Morgan fingerprint density at radius 1 is 0.969 bits per heavy atom. The van der Waals surface area contributed by atoms with E-state index in [-0.39, 0.29) is 44.6 Å². The van der Waals surface area contributed by atoms with Gasteiger partial charge in [-0.05, 0) is 47.5 Å². The summed E-state index contributed by atoms with van der Waals surface area (Å²) in [6.07, 6.45) is 4.70. The molecular weight excluding hydrogens is 408 g/mol. The van der Waals surface area contributed by atoms with E-state index in [4.69, 9.17) is 13.9 Å². The number of hydrogen-bond acceptors (Lipinski definition) is 6. The smallest absolute Gasteiger partial charge is 0.204 e. The van der Waals surface area contributed by atoms with E-state index in [9.17, 15) is 15.0 Å². The van der Waals surface area contributed by atoms with Gasteiger partial charge in [0.25, 0.3) is 0 Å². The van der Waals surface area contributed by atoms with Crippen LogP contribution in [-0.2, 0) is 12.8 Å². The Morgan fingerprint density at radius 2 is 1.56 bits per heavy atom. The van der Waals surface area contributed by atoms with E-state index in [1.165, 1.54) is 13.2 Å². The molecule has 2 aromatic carbocycles. The summed E-state index contributed by atoms with van der Waals surface area (Å²) in [7, 11) is 1.44. The Morgan fingerprint density at radius 3 is 2.12 bits per heavy atom. The van der Waals surface area contributed by atoms with Crippen molar-refractivity contribution in [2.45, 2.75) is 47.5 Å². The Labute approximate surface area is 187 Å². The predicted molar refractivity (Wildman–Crippen MR) is 127 cm³/mol. The van der Waals surface area contributed by atoms with Crippen LogP contribution in [0.4, 0.5) is 0 Å². The summed E-state index contributed by atoms with van der Waals surface area (Å²) in [5.74, 6) is 0.408. The summed E-state index contributed by atoms with van der Waals surface area (Å²) >= 11 is 0. The minimum atomic E-state index is -0.379.